The Morgan fingerprint density at radius 3 is 2.67 bits per heavy atom. The van der Waals surface area contributed by atoms with Crippen molar-refractivity contribution in [3.05, 3.63) is 41.2 Å². The van der Waals surface area contributed by atoms with Crippen LogP contribution in [0.25, 0.3) is 0 Å². The maximum atomic E-state index is 5.77. The Bertz CT molecular complexity index is 540. The molecular weight excluding hydrogens is 228 g/mol. The van der Waals surface area contributed by atoms with Crippen LogP contribution in [0.5, 0.6) is 0 Å². The number of nitrogens with two attached hydrogens (primary N) is 1. The summed E-state index contributed by atoms with van der Waals surface area (Å²) in [5, 5.41) is 11.9. The first kappa shape index (κ1) is 12.1. The lowest BCUT2D eigenvalue weighted by atomic mass is 10.2. The van der Waals surface area contributed by atoms with Crippen molar-refractivity contribution in [2.75, 3.05) is 11.3 Å². The topological polar surface area (TPSA) is 81.1 Å². The van der Waals surface area contributed by atoms with Crippen molar-refractivity contribution in [1.29, 1.82) is 0 Å². The van der Waals surface area contributed by atoms with Gasteiger partial charge in [0, 0.05) is 6.42 Å². The van der Waals surface area contributed by atoms with E-state index in [1.807, 2.05) is 38.1 Å². The second-order valence-corrected chi connectivity index (χ2v) is 3.94. The molecule has 0 spiro atoms. The second-order valence-electron chi connectivity index (χ2n) is 3.94. The van der Waals surface area contributed by atoms with Crippen LogP contribution in [0.2, 0.25) is 0 Å². The van der Waals surface area contributed by atoms with E-state index in [0.29, 0.717) is 11.8 Å². The van der Waals surface area contributed by atoms with Crippen molar-refractivity contribution in [2.24, 2.45) is 5.10 Å². The molecule has 0 bridgehead atoms. The Balaban J connectivity index is 2.02. The van der Waals surface area contributed by atoms with Gasteiger partial charge in [-0.2, -0.15) is 5.10 Å². The standard InChI is InChI=1S/C12H16N6/c1-3-11-15-17-12(18(11)13)16-14-8-10-6-4-9(2)5-7-10/h4-8H,3,13H2,1-2H3,(H,16,17)/b14-8+. The highest BCUT2D eigenvalue weighted by Crippen LogP contribution is 2.04. The van der Waals surface area contributed by atoms with Crippen molar-refractivity contribution < 1.29 is 0 Å². The van der Waals surface area contributed by atoms with Gasteiger partial charge in [0.05, 0.1) is 6.21 Å². The third kappa shape index (κ3) is 2.65. The van der Waals surface area contributed by atoms with Crippen molar-refractivity contribution in [3.63, 3.8) is 0 Å². The highest BCUT2D eigenvalue weighted by atomic mass is 15.5. The Morgan fingerprint density at radius 1 is 1.33 bits per heavy atom. The molecule has 0 fully saturated rings. The summed E-state index contributed by atoms with van der Waals surface area (Å²) in [6.45, 7) is 4.01. The van der Waals surface area contributed by atoms with E-state index in [9.17, 15) is 0 Å². The molecular formula is C12H16N6. The SMILES string of the molecule is CCc1nnc(N/N=C/c2ccc(C)cc2)n1N. The number of hydrogen-bond donors (Lipinski definition) is 2. The van der Waals surface area contributed by atoms with Crippen LogP contribution >= 0.6 is 0 Å². The summed E-state index contributed by atoms with van der Waals surface area (Å²) in [4.78, 5) is 0. The number of hydrogen-bond acceptors (Lipinski definition) is 5. The molecule has 0 unspecified atom stereocenters. The van der Waals surface area contributed by atoms with E-state index in [2.05, 4.69) is 20.7 Å². The smallest absolute Gasteiger partial charge is 0.263 e. The summed E-state index contributed by atoms with van der Waals surface area (Å²) in [5.41, 5.74) is 4.99. The first-order valence-corrected chi connectivity index (χ1v) is 5.76. The van der Waals surface area contributed by atoms with E-state index in [1.54, 1.807) is 6.21 Å². The number of aromatic nitrogens is 3. The Kier molecular flexibility index (Phi) is 3.57. The molecule has 2 aromatic rings. The van der Waals surface area contributed by atoms with Crippen molar-refractivity contribution in [1.82, 2.24) is 14.9 Å². The normalized spacial score (nSPS) is 11.0. The van der Waals surface area contributed by atoms with Gasteiger partial charge in [-0.3, -0.25) is 0 Å². The van der Waals surface area contributed by atoms with Crippen molar-refractivity contribution >= 4 is 12.2 Å². The van der Waals surface area contributed by atoms with Crippen molar-refractivity contribution in [3.8, 4) is 0 Å². The second kappa shape index (κ2) is 5.31. The van der Waals surface area contributed by atoms with E-state index in [0.717, 1.165) is 12.0 Å². The molecule has 1 aromatic heterocycles. The molecule has 18 heavy (non-hydrogen) atoms. The maximum absolute atomic E-state index is 5.77. The number of nitrogens with zero attached hydrogens (tertiary/aromatic N) is 4. The minimum absolute atomic E-state index is 0.426. The summed E-state index contributed by atoms with van der Waals surface area (Å²) < 4.78 is 1.40. The molecule has 0 amide bonds. The minimum atomic E-state index is 0.426. The fourth-order valence-electron chi connectivity index (χ4n) is 1.46. The maximum Gasteiger partial charge on any atom is 0.263 e. The van der Waals surface area contributed by atoms with E-state index in [4.69, 9.17) is 5.84 Å². The molecule has 6 heteroatoms. The molecule has 6 nitrogen and oxygen atoms in total. The average molecular weight is 244 g/mol. The Labute approximate surface area is 106 Å². The fourth-order valence-corrected chi connectivity index (χ4v) is 1.46. The van der Waals surface area contributed by atoms with Gasteiger partial charge < -0.3 is 5.84 Å². The first-order chi connectivity index (χ1) is 8.70. The summed E-state index contributed by atoms with van der Waals surface area (Å²) in [6, 6.07) is 8.04. The number of hydrazone groups is 1. The highest BCUT2D eigenvalue weighted by molar-refractivity contribution is 5.80. The molecule has 0 saturated carbocycles. The van der Waals surface area contributed by atoms with Crippen LogP contribution in [0, 0.1) is 6.92 Å². The summed E-state index contributed by atoms with van der Waals surface area (Å²) in [5.74, 6) is 6.91. The largest absolute Gasteiger partial charge is 0.335 e. The fraction of sp³-hybridized carbons (Fsp3) is 0.250. The number of benzene rings is 1. The van der Waals surface area contributed by atoms with E-state index >= 15 is 0 Å². The molecule has 1 aromatic carbocycles. The number of aryl methyl sites for hydroxylation is 2. The van der Waals surface area contributed by atoms with Crippen LogP contribution in [-0.4, -0.2) is 21.1 Å². The summed E-state index contributed by atoms with van der Waals surface area (Å²) in [7, 11) is 0. The van der Waals surface area contributed by atoms with Gasteiger partial charge in [0.15, 0.2) is 5.82 Å². The van der Waals surface area contributed by atoms with Crippen LogP contribution in [0.1, 0.15) is 23.9 Å². The van der Waals surface area contributed by atoms with Gasteiger partial charge in [-0.05, 0) is 12.5 Å². The van der Waals surface area contributed by atoms with Gasteiger partial charge in [0.1, 0.15) is 0 Å². The zero-order chi connectivity index (χ0) is 13.0. The number of nitrogens with one attached hydrogen (secondary N) is 1. The molecule has 3 N–H and O–H groups in total. The number of rotatable bonds is 4. The average Bonchev–Trinajstić information content (AvgIpc) is 2.73. The third-order valence-electron chi connectivity index (χ3n) is 2.54. The lowest BCUT2D eigenvalue weighted by molar-refractivity contribution is 0.855. The van der Waals surface area contributed by atoms with Crippen molar-refractivity contribution in [2.45, 2.75) is 20.3 Å². The molecule has 94 valence electrons. The molecule has 2 rings (SSSR count). The molecule has 0 aliphatic carbocycles. The van der Waals surface area contributed by atoms with Gasteiger partial charge in [-0.1, -0.05) is 36.8 Å². The Morgan fingerprint density at radius 2 is 2.06 bits per heavy atom. The number of nitrogen functional groups attached to an aromatic ring is 1. The minimum Gasteiger partial charge on any atom is -0.335 e. The van der Waals surface area contributed by atoms with E-state index < -0.39 is 0 Å². The predicted molar refractivity (Wildman–Crippen MR) is 71.9 cm³/mol. The van der Waals surface area contributed by atoms with Gasteiger partial charge in [-0.25, -0.2) is 10.1 Å². The van der Waals surface area contributed by atoms with Crippen LogP contribution < -0.4 is 11.3 Å². The van der Waals surface area contributed by atoms with Gasteiger partial charge in [0.2, 0.25) is 0 Å². The van der Waals surface area contributed by atoms with E-state index in [1.165, 1.54) is 10.2 Å². The van der Waals surface area contributed by atoms with E-state index in [-0.39, 0.29) is 0 Å². The summed E-state index contributed by atoms with van der Waals surface area (Å²) >= 11 is 0. The predicted octanol–water partition coefficient (Wildman–Crippen LogP) is 1.31. The molecule has 0 radical (unpaired) electrons. The van der Waals surface area contributed by atoms with Gasteiger partial charge >= 0.3 is 0 Å². The van der Waals surface area contributed by atoms with Crippen LogP contribution in [0.15, 0.2) is 29.4 Å². The monoisotopic (exact) mass is 244 g/mol. The molecule has 0 aliphatic heterocycles. The lowest BCUT2D eigenvalue weighted by Crippen LogP contribution is -2.14. The third-order valence-corrected chi connectivity index (χ3v) is 2.54. The molecule has 0 atom stereocenters. The lowest BCUT2D eigenvalue weighted by Gasteiger charge is -2.00. The van der Waals surface area contributed by atoms with Crippen LogP contribution in [0.4, 0.5) is 5.95 Å². The molecule has 0 aliphatic rings. The first-order valence-electron chi connectivity index (χ1n) is 5.76. The van der Waals surface area contributed by atoms with Crippen LogP contribution in [0.3, 0.4) is 0 Å². The van der Waals surface area contributed by atoms with Gasteiger partial charge in [0.25, 0.3) is 5.95 Å². The zero-order valence-electron chi connectivity index (χ0n) is 10.5. The molecule has 1 heterocycles. The quantitative estimate of drug-likeness (QED) is 0.482. The number of anilines is 1. The highest BCUT2D eigenvalue weighted by Gasteiger charge is 2.05. The Hall–Kier alpha value is -2.37. The van der Waals surface area contributed by atoms with Gasteiger partial charge in [-0.15, -0.1) is 10.2 Å². The zero-order valence-corrected chi connectivity index (χ0v) is 10.5. The molecule has 0 saturated heterocycles. The summed E-state index contributed by atoms with van der Waals surface area (Å²) in [6.07, 6.45) is 2.44. The van der Waals surface area contributed by atoms with Crippen LogP contribution in [-0.2, 0) is 6.42 Å².